The molecule has 0 aromatic heterocycles. The molecule has 0 spiro atoms. The van der Waals surface area contributed by atoms with E-state index in [1.807, 2.05) is 0 Å². The van der Waals surface area contributed by atoms with Gasteiger partial charge in [0.05, 0.1) is 0 Å². The highest BCUT2D eigenvalue weighted by Crippen LogP contribution is 2.36. The van der Waals surface area contributed by atoms with Gasteiger partial charge in [0, 0.05) is 13.2 Å². The average molecular weight is 247 g/mol. The van der Waals surface area contributed by atoms with E-state index in [0.29, 0.717) is 13.2 Å². The van der Waals surface area contributed by atoms with Gasteiger partial charge in [0.25, 0.3) is 0 Å². The van der Waals surface area contributed by atoms with Crippen LogP contribution < -0.4 is 5.32 Å². The second-order valence-electron chi connectivity index (χ2n) is 5.62. The van der Waals surface area contributed by atoms with Crippen LogP contribution in [0.2, 0.25) is 18.1 Å². The number of hydrogen-bond acceptors (Lipinski definition) is 3. The lowest BCUT2D eigenvalue weighted by atomic mass is 10.2. The fourth-order valence-electron chi connectivity index (χ4n) is 0.885. The smallest absolute Gasteiger partial charge is 0.320 e. The molecular formula is C11H25NO3Si. The summed E-state index contributed by atoms with van der Waals surface area (Å²) in [7, 11) is -1.69. The molecule has 2 N–H and O–H groups in total. The van der Waals surface area contributed by atoms with Crippen LogP contribution in [-0.2, 0) is 9.22 Å². The van der Waals surface area contributed by atoms with Crippen LogP contribution in [0.3, 0.4) is 0 Å². The van der Waals surface area contributed by atoms with E-state index < -0.39 is 20.3 Å². The molecule has 0 heterocycles. The van der Waals surface area contributed by atoms with Crippen molar-refractivity contribution in [1.82, 2.24) is 5.32 Å². The Morgan fingerprint density at radius 3 is 2.31 bits per heavy atom. The van der Waals surface area contributed by atoms with Gasteiger partial charge in [-0.1, -0.05) is 20.8 Å². The summed E-state index contributed by atoms with van der Waals surface area (Å²) in [5.74, 6) is -0.827. The fourth-order valence-corrected chi connectivity index (χ4v) is 1.93. The second-order valence-corrected chi connectivity index (χ2v) is 10.4. The van der Waals surface area contributed by atoms with Crippen molar-refractivity contribution < 1.29 is 14.3 Å². The largest absolute Gasteiger partial charge is 0.480 e. The van der Waals surface area contributed by atoms with Gasteiger partial charge in [0.15, 0.2) is 8.32 Å². The molecule has 0 bridgehead atoms. The summed E-state index contributed by atoms with van der Waals surface area (Å²) in [6.45, 7) is 13.7. The van der Waals surface area contributed by atoms with Crippen LogP contribution in [0.25, 0.3) is 0 Å². The molecule has 16 heavy (non-hydrogen) atoms. The zero-order valence-electron chi connectivity index (χ0n) is 11.3. The number of nitrogens with one attached hydrogen (secondary N) is 1. The third-order valence-electron chi connectivity index (χ3n) is 3.19. The number of hydrogen-bond donors (Lipinski definition) is 2. The molecule has 0 aliphatic heterocycles. The van der Waals surface area contributed by atoms with Crippen LogP contribution in [0, 0.1) is 0 Å². The molecule has 1 atom stereocenters. The average Bonchev–Trinajstić information content (AvgIpc) is 2.09. The van der Waals surface area contributed by atoms with Gasteiger partial charge in [-0.25, -0.2) is 0 Å². The standard InChI is InChI=1S/C11H25NO3Si/c1-9(10(13)14)12-7-8-15-16(5,6)11(2,3)4/h9,12H,7-8H2,1-6H3,(H,13,14). The van der Waals surface area contributed by atoms with Crippen LogP contribution in [0.1, 0.15) is 27.7 Å². The predicted molar refractivity (Wildman–Crippen MR) is 68.2 cm³/mol. The van der Waals surface area contributed by atoms with Crippen LogP contribution >= 0.6 is 0 Å². The number of rotatable bonds is 6. The monoisotopic (exact) mass is 247 g/mol. The molecule has 0 aliphatic carbocycles. The Hall–Kier alpha value is -0.393. The fraction of sp³-hybridized carbons (Fsp3) is 0.909. The Morgan fingerprint density at radius 2 is 1.94 bits per heavy atom. The maximum absolute atomic E-state index is 10.6. The summed E-state index contributed by atoms with van der Waals surface area (Å²) in [5.41, 5.74) is 0. The molecule has 0 saturated heterocycles. The molecule has 4 nitrogen and oxygen atoms in total. The molecule has 0 aromatic rings. The first-order valence-electron chi connectivity index (χ1n) is 5.68. The minimum absolute atomic E-state index is 0.200. The van der Waals surface area contributed by atoms with Crippen molar-refractivity contribution in [2.75, 3.05) is 13.2 Å². The molecule has 0 radical (unpaired) electrons. The zero-order valence-corrected chi connectivity index (χ0v) is 12.3. The summed E-state index contributed by atoms with van der Waals surface area (Å²) in [5, 5.41) is 11.8. The first-order chi connectivity index (χ1) is 7.08. The molecule has 0 aromatic carbocycles. The first kappa shape index (κ1) is 15.6. The maximum atomic E-state index is 10.6. The molecule has 0 amide bonds. The van der Waals surface area contributed by atoms with Gasteiger partial charge in [0.1, 0.15) is 6.04 Å². The predicted octanol–water partition coefficient (Wildman–Crippen LogP) is 2.07. The Bertz CT molecular complexity index is 236. The summed E-state index contributed by atoms with van der Waals surface area (Å²) >= 11 is 0. The van der Waals surface area contributed by atoms with Crippen molar-refractivity contribution in [2.45, 2.75) is 51.9 Å². The van der Waals surface area contributed by atoms with E-state index >= 15 is 0 Å². The lowest BCUT2D eigenvalue weighted by Crippen LogP contribution is -2.43. The van der Waals surface area contributed by atoms with E-state index in [0.717, 1.165) is 0 Å². The number of carboxylic acids is 1. The number of aliphatic carboxylic acids is 1. The van der Waals surface area contributed by atoms with Crippen LogP contribution in [0.5, 0.6) is 0 Å². The Kier molecular flexibility index (Phi) is 5.65. The van der Waals surface area contributed by atoms with Gasteiger partial charge in [-0.15, -0.1) is 0 Å². The lowest BCUT2D eigenvalue weighted by molar-refractivity contribution is -0.139. The maximum Gasteiger partial charge on any atom is 0.320 e. The summed E-state index contributed by atoms with van der Waals surface area (Å²) in [6.07, 6.45) is 0. The van der Waals surface area contributed by atoms with Gasteiger partial charge in [-0.3, -0.25) is 4.79 Å². The van der Waals surface area contributed by atoms with Crippen molar-refractivity contribution in [1.29, 1.82) is 0 Å². The number of carboxylic acid groups (broad SMARTS) is 1. The molecule has 0 rings (SSSR count). The number of carbonyl (C=O) groups is 1. The van der Waals surface area contributed by atoms with Crippen molar-refractivity contribution in [3.63, 3.8) is 0 Å². The summed E-state index contributed by atoms with van der Waals surface area (Å²) in [6, 6.07) is -0.511. The molecule has 0 fully saturated rings. The van der Waals surface area contributed by atoms with Gasteiger partial charge in [-0.2, -0.15) is 0 Å². The van der Waals surface area contributed by atoms with E-state index in [4.69, 9.17) is 9.53 Å². The summed E-state index contributed by atoms with van der Waals surface area (Å²) in [4.78, 5) is 10.6. The normalized spacial score (nSPS) is 14.9. The van der Waals surface area contributed by atoms with Crippen molar-refractivity contribution >= 4 is 14.3 Å². The van der Waals surface area contributed by atoms with Crippen molar-refractivity contribution in [3.8, 4) is 0 Å². The minimum Gasteiger partial charge on any atom is -0.480 e. The van der Waals surface area contributed by atoms with Gasteiger partial charge >= 0.3 is 5.97 Å². The van der Waals surface area contributed by atoms with Crippen LogP contribution in [-0.4, -0.2) is 38.6 Å². The van der Waals surface area contributed by atoms with Gasteiger partial charge < -0.3 is 14.8 Å². The molecule has 96 valence electrons. The van der Waals surface area contributed by atoms with Gasteiger partial charge in [0.2, 0.25) is 0 Å². The first-order valence-corrected chi connectivity index (χ1v) is 8.59. The highest BCUT2D eigenvalue weighted by Gasteiger charge is 2.36. The van der Waals surface area contributed by atoms with Gasteiger partial charge in [-0.05, 0) is 25.1 Å². The topological polar surface area (TPSA) is 58.6 Å². The third-order valence-corrected chi connectivity index (χ3v) is 7.73. The van der Waals surface area contributed by atoms with E-state index in [-0.39, 0.29) is 5.04 Å². The minimum atomic E-state index is -1.69. The second kappa shape index (κ2) is 5.79. The van der Waals surface area contributed by atoms with Crippen LogP contribution in [0.4, 0.5) is 0 Å². The van der Waals surface area contributed by atoms with Crippen LogP contribution in [0.15, 0.2) is 0 Å². The van der Waals surface area contributed by atoms with Crippen molar-refractivity contribution in [3.05, 3.63) is 0 Å². The molecular weight excluding hydrogens is 222 g/mol. The zero-order chi connectivity index (χ0) is 13.0. The van der Waals surface area contributed by atoms with E-state index in [2.05, 4.69) is 39.2 Å². The lowest BCUT2D eigenvalue weighted by Gasteiger charge is -2.36. The quantitative estimate of drug-likeness (QED) is 0.557. The van der Waals surface area contributed by atoms with E-state index in [9.17, 15) is 4.79 Å². The Balaban J connectivity index is 3.87. The Morgan fingerprint density at radius 1 is 1.44 bits per heavy atom. The Labute approximate surface area is 99.5 Å². The molecule has 0 aliphatic rings. The highest BCUT2D eigenvalue weighted by molar-refractivity contribution is 6.74. The molecule has 0 saturated carbocycles. The third kappa shape index (κ3) is 5.09. The SMILES string of the molecule is CC(NCCO[Si](C)(C)C(C)(C)C)C(=O)O. The molecule has 1 unspecified atom stereocenters. The highest BCUT2D eigenvalue weighted by atomic mass is 28.4. The van der Waals surface area contributed by atoms with E-state index in [1.165, 1.54) is 0 Å². The van der Waals surface area contributed by atoms with E-state index in [1.54, 1.807) is 6.92 Å². The van der Waals surface area contributed by atoms with Crippen molar-refractivity contribution in [2.24, 2.45) is 0 Å². The summed E-state index contributed by atoms with van der Waals surface area (Å²) < 4.78 is 5.91. The molecule has 5 heteroatoms.